The van der Waals surface area contributed by atoms with Gasteiger partial charge >= 0.3 is 0 Å². The molecule has 0 heterocycles. The molecule has 0 aliphatic heterocycles. The second-order valence-electron chi connectivity index (χ2n) is 7.97. The largest absolute Gasteiger partial charge is 0.504 e. The van der Waals surface area contributed by atoms with Gasteiger partial charge in [-0.2, -0.15) is 0 Å². The molecule has 2 aromatic rings. The zero-order valence-electron chi connectivity index (χ0n) is 19.0. The maximum atomic E-state index is 13.0. The SMILES string of the molecule is CCC(CCc1cccc(O)c1O)NC(=O)[C@@H](NC(=O)COc1ccccc1)C(C)CC. The predicted molar refractivity (Wildman–Crippen MR) is 124 cm³/mol. The monoisotopic (exact) mass is 442 g/mol. The first-order chi connectivity index (χ1) is 15.3. The lowest BCUT2D eigenvalue weighted by Gasteiger charge is -2.26. The molecule has 3 atom stereocenters. The van der Waals surface area contributed by atoms with Crippen LogP contribution in [0, 0.1) is 5.92 Å². The Labute approximate surface area is 189 Å². The highest BCUT2D eigenvalue weighted by atomic mass is 16.5. The number of phenols is 2. The lowest BCUT2D eigenvalue weighted by atomic mass is 9.97. The minimum Gasteiger partial charge on any atom is -0.504 e. The lowest BCUT2D eigenvalue weighted by Crippen LogP contribution is -2.53. The molecule has 2 unspecified atom stereocenters. The van der Waals surface area contributed by atoms with E-state index in [-0.39, 0.29) is 41.9 Å². The van der Waals surface area contributed by atoms with Crippen LogP contribution in [0.15, 0.2) is 48.5 Å². The number of nitrogens with one attached hydrogen (secondary N) is 2. The summed E-state index contributed by atoms with van der Waals surface area (Å²) in [7, 11) is 0. The van der Waals surface area contributed by atoms with Crippen LogP contribution in [0.25, 0.3) is 0 Å². The Hall–Kier alpha value is -3.22. The van der Waals surface area contributed by atoms with Gasteiger partial charge in [0.2, 0.25) is 5.91 Å². The first-order valence-corrected chi connectivity index (χ1v) is 11.1. The molecule has 0 fully saturated rings. The Kier molecular flexibility index (Phi) is 9.85. The quantitative estimate of drug-likeness (QED) is 0.376. The lowest BCUT2D eigenvalue weighted by molar-refractivity contribution is -0.131. The first-order valence-electron chi connectivity index (χ1n) is 11.1. The van der Waals surface area contributed by atoms with E-state index in [1.54, 1.807) is 24.3 Å². The third kappa shape index (κ3) is 7.48. The van der Waals surface area contributed by atoms with E-state index in [0.717, 1.165) is 6.42 Å². The number of ether oxygens (including phenoxy) is 1. The Bertz CT molecular complexity index is 872. The van der Waals surface area contributed by atoms with E-state index >= 15 is 0 Å². The number of benzene rings is 2. The van der Waals surface area contributed by atoms with Crippen molar-refractivity contribution >= 4 is 11.8 Å². The Morgan fingerprint density at radius 2 is 1.69 bits per heavy atom. The topological polar surface area (TPSA) is 108 Å². The molecular formula is C25H34N2O5. The number of phenolic OH excluding ortho intramolecular Hbond substituents is 2. The number of aryl methyl sites for hydroxylation is 1. The molecule has 2 aromatic carbocycles. The molecule has 0 radical (unpaired) electrons. The molecule has 174 valence electrons. The molecule has 0 saturated carbocycles. The molecule has 0 aliphatic rings. The maximum absolute atomic E-state index is 13.0. The van der Waals surface area contributed by atoms with E-state index in [2.05, 4.69) is 10.6 Å². The molecule has 0 spiro atoms. The summed E-state index contributed by atoms with van der Waals surface area (Å²) in [5.41, 5.74) is 0.627. The molecule has 2 rings (SSSR count). The summed E-state index contributed by atoms with van der Waals surface area (Å²) >= 11 is 0. The summed E-state index contributed by atoms with van der Waals surface area (Å²) < 4.78 is 5.48. The van der Waals surface area contributed by atoms with Gasteiger partial charge in [0.25, 0.3) is 5.91 Å². The molecule has 0 saturated heterocycles. The molecule has 4 N–H and O–H groups in total. The van der Waals surface area contributed by atoms with E-state index in [4.69, 9.17) is 4.74 Å². The van der Waals surface area contributed by atoms with Crippen molar-refractivity contribution in [2.24, 2.45) is 5.92 Å². The van der Waals surface area contributed by atoms with Gasteiger partial charge < -0.3 is 25.6 Å². The van der Waals surface area contributed by atoms with E-state index < -0.39 is 6.04 Å². The number of carbonyl (C=O) groups is 2. The van der Waals surface area contributed by atoms with Crippen LogP contribution in [0.5, 0.6) is 17.2 Å². The van der Waals surface area contributed by atoms with Gasteiger partial charge in [-0.1, -0.05) is 57.5 Å². The van der Waals surface area contributed by atoms with Crippen LogP contribution >= 0.6 is 0 Å². The summed E-state index contributed by atoms with van der Waals surface area (Å²) in [6, 6.07) is 13.1. The van der Waals surface area contributed by atoms with Crippen molar-refractivity contribution in [2.45, 2.75) is 58.5 Å². The number of rotatable bonds is 12. The summed E-state index contributed by atoms with van der Waals surface area (Å²) in [6.45, 7) is 5.70. The summed E-state index contributed by atoms with van der Waals surface area (Å²) in [5.74, 6) is -0.336. The predicted octanol–water partition coefficient (Wildman–Crippen LogP) is 3.54. The highest BCUT2D eigenvalue weighted by molar-refractivity contribution is 5.88. The number of para-hydroxylation sites is 2. The maximum Gasteiger partial charge on any atom is 0.258 e. The fourth-order valence-electron chi connectivity index (χ4n) is 3.36. The molecule has 7 heteroatoms. The van der Waals surface area contributed by atoms with E-state index in [9.17, 15) is 19.8 Å². The van der Waals surface area contributed by atoms with Crippen molar-refractivity contribution in [2.75, 3.05) is 6.61 Å². The average molecular weight is 443 g/mol. The third-order valence-electron chi connectivity index (χ3n) is 5.62. The standard InChI is InChI=1S/C25H34N2O5/c1-4-17(3)23(27-22(29)16-32-20-11-7-6-8-12-20)25(31)26-19(5-2)15-14-18-10-9-13-21(28)24(18)30/h6-13,17,19,23,28,30H,4-5,14-16H2,1-3H3,(H,26,31)(H,27,29)/t17?,19?,23-/m0/s1. The van der Waals surface area contributed by atoms with Crippen molar-refractivity contribution in [3.63, 3.8) is 0 Å². The van der Waals surface area contributed by atoms with Gasteiger partial charge in [-0.25, -0.2) is 0 Å². The van der Waals surface area contributed by atoms with Crippen LogP contribution < -0.4 is 15.4 Å². The van der Waals surface area contributed by atoms with E-state index in [0.29, 0.717) is 30.6 Å². The van der Waals surface area contributed by atoms with Gasteiger partial charge in [-0.05, 0) is 48.9 Å². The highest BCUT2D eigenvalue weighted by Crippen LogP contribution is 2.29. The second-order valence-corrected chi connectivity index (χ2v) is 7.97. The molecule has 0 aliphatic carbocycles. The fourth-order valence-corrected chi connectivity index (χ4v) is 3.36. The molecular weight excluding hydrogens is 408 g/mol. The van der Waals surface area contributed by atoms with Gasteiger partial charge in [0.05, 0.1) is 0 Å². The third-order valence-corrected chi connectivity index (χ3v) is 5.62. The van der Waals surface area contributed by atoms with Crippen LogP contribution in [0.4, 0.5) is 0 Å². The number of hydrogen-bond donors (Lipinski definition) is 4. The zero-order valence-corrected chi connectivity index (χ0v) is 19.0. The second kappa shape index (κ2) is 12.6. The van der Waals surface area contributed by atoms with Crippen molar-refractivity contribution in [3.8, 4) is 17.2 Å². The number of carbonyl (C=O) groups excluding carboxylic acids is 2. The van der Waals surface area contributed by atoms with Gasteiger partial charge in [0.1, 0.15) is 11.8 Å². The van der Waals surface area contributed by atoms with E-state index in [1.807, 2.05) is 39.0 Å². The Morgan fingerprint density at radius 3 is 2.34 bits per heavy atom. The normalized spacial score (nSPS) is 13.6. The fraction of sp³-hybridized carbons (Fsp3) is 0.440. The van der Waals surface area contributed by atoms with Crippen molar-refractivity contribution in [1.29, 1.82) is 0 Å². The first kappa shape index (κ1) is 25.0. The molecule has 0 aromatic heterocycles. The van der Waals surface area contributed by atoms with Gasteiger partial charge in [-0.3, -0.25) is 9.59 Å². The minimum atomic E-state index is -0.671. The van der Waals surface area contributed by atoms with Crippen molar-refractivity contribution < 1.29 is 24.5 Å². The average Bonchev–Trinajstić information content (AvgIpc) is 2.81. The molecule has 0 bridgehead atoms. The molecule has 7 nitrogen and oxygen atoms in total. The molecule has 2 amide bonds. The summed E-state index contributed by atoms with van der Waals surface area (Å²) in [5, 5.41) is 25.5. The van der Waals surface area contributed by atoms with Gasteiger partial charge in [0.15, 0.2) is 18.1 Å². The van der Waals surface area contributed by atoms with Crippen LogP contribution in [0.3, 0.4) is 0 Å². The van der Waals surface area contributed by atoms with Crippen LogP contribution in [-0.4, -0.2) is 40.7 Å². The summed E-state index contributed by atoms with van der Waals surface area (Å²) in [6.07, 6.45) is 2.53. The van der Waals surface area contributed by atoms with Crippen molar-refractivity contribution in [3.05, 3.63) is 54.1 Å². The van der Waals surface area contributed by atoms with Gasteiger partial charge in [-0.15, -0.1) is 0 Å². The number of amides is 2. The minimum absolute atomic E-state index is 0.0525. The highest BCUT2D eigenvalue weighted by Gasteiger charge is 2.27. The van der Waals surface area contributed by atoms with Crippen LogP contribution in [-0.2, 0) is 16.0 Å². The Balaban J connectivity index is 1.94. The number of aromatic hydroxyl groups is 2. The molecule has 32 heavy (non-hydrogen) atoms. The number of hydrogen-bond acceptors (Lipinski definition) is 5. The van der Waals surface area contributed by atoms with Crippen LogP contribution in [0.2, 0.25) is 0 Å². The Morgan fingerprint density at radius 1 is 0.969 bits per heavy atom. The summed E-state index contributed by atoms with van der Waals surface area (Å²) in [4.78, 5) is 25.4. The smallest absolute Gasteiger partial charge is 0.258 e. The zero-order chi connectivity index (χ0) is 23.5. The van der Waals surface area contributed by atoms with Crippen molar-refractivity contribution in [1.82, 2.24) is 10.6 Å². The van der Waals surface area contributed by atoms with E-state index in [1.165, 1.54) is 6.07 Å². The van der Waals surface area contributed by atoms with Gasteiger partial charge in [0, 0.05) is 6.04 Å². The van der Waals surface area contributed by atoms with Crippen LogP contribution in [0.1, 0.15) is 45.6 Å².